The van der Waals surface area contributed by atoms with E-state index in [1.54, 1.807) is 42.5 Å². The molecule has 0 aliphatic heterocycles. The normalized spacial score (nSPS) is 11.1. The minimum absolute atomic E-state index is 0.218. The number of nitriles is 1. The third-order valence-corrected chi connectivity index (χ3v) is 6.09. The van der Waals surface area contributed by atoms with Crippen LogP contribution in [0.2, 0.25) is 0 Å². The number of unbranched alkanes of at least 4 members (excludes halogenated alkanes) is 1. The van der Waals surface area contributed by atoms with Gasteiger partial charge in [0.2, 0.25) is 0 Å². The molecule has 0 saturated carbocycles. The highest BCUT2D eigenvalue weighted by molar-refractivity contribution is 5.88. The molecule has 0 radical (unpaired) electrons. The average molecular weight is 462 g/mol. The topological polar surface area (TPSA) is 23.8 Å². The van der Waals surface area contributed by atoms with Gasteiger partial charge in [-0.15, -0.1) is 0 Å². The van der Waals surface area contributed by atoms with Crippen molar-refractivity contribution >= 4 is 10.8 Å². The molecule has 4 rings (SSSR count). The number of hydrogen-bond donors (Lipinski definition) is 0. The van der Waals surface area contributed by atoms with Gasteiger partial charge in [-0.1, -0.05) is 49.7 Å². The SMILES string of the molecule is CCCCc1ccc(-c2ccc3c(F)c(CCc4cc(F)c(C#N)c(F)c4)ccc3c2)c(F)c1. The van der Waals surface area contributed by atoms with Crippen molar-refractivity contribution < 1.29 is 17.6 Å². The van der Waals surface area contributed by atoms with E-state index in [2.05, 4.69) is 6.92 Å². The van der Waals surface area contributed by atoms with Crippen LogP contribution >= 0.6 is 0 Å². The molecule has 0 heterocycles. The second-order valence-electron chi connectivity index (χ2n) is 8.44. The minimum atomic E-state index is -0.922. The molecule has 4 aromatic carbocycles. The van der Waals surface area contributed by atoms with Crippen LogP contribution in [0.1, 0.15) is 42.0 Å². The highest BCUT2D eigenvalue weighted by Crippen LogP contribution is 2.30. The Morgan fingerprint density at radius 3 is 2.15 bits per heavy atom. The molecule has 0 fully saturated rings. The molecule has 0 N–H and O–H groups in total. The zero-order chi connectivity index (χ0) is 24.2. The van der Waals surface area contributed by atoms with Crippen LogP contribution in [0, 0.1) is 34.6 Å². The van der Waals surface area contributed by atoms with Gasteiger partial charge in [0.05, 0.1) is 0 Å². The summed E-state index contributed by atoms with van der Waals surface area (Å²) in [6.07, 6.45) is 3.34. The largest absolute Gasteiger partial charge is 0.206 e. The molecule has 0 saturated heterocycles. The second-order valence-corrected chi connectivity index (χ2v) is 8.44. The lowest BCUT2D eigenvalue weighted by molar-refractivity contribution is 0.572. The molecular weight excluding hydrogens is 438 g/mol. The molecule has 0 amide bonds. The molecule has 0 aliphatic carbocycles. The molecule has 34 heavy (non-hydrogen) atoms. The van der Waals surface area contributed by atoms with Crippen molar-refractivity contribution in [3.63, 3.8) is 0 Å². The highest BCUT2D eigenvalue weighted by Gasteiger charge is 2.14. The first kappa shape index (κ1) is 23.5. The summed E-state index contributed by atoms with van der Waals surface area (Å²) >= 11 is 0. The van der Waals surface area contributed by atoms with E-state index in [1.807, 2.05) is 6.07 Å². The number of halogens is 4. The molecule has 0 spiro atoms. The summed E-state index contributed by atoms with van der Waals surface area (Å²) < 4.78 is 57.6. The van der Waals surface area contributed by atoms with Crippen LogP contribution < -0.4 is 0 Å². The summed E-state index contributed by atoms with van der Waals surface area (Å²) in [6, 6.07) is 17.5. The molecule has 0 atom stereocenters. The van der Waals surface area contributed by atoms with E-state index in [0.29, 0.717) is 33.0 Å². The van der Waals surface area contributed by atoms with Crippen molar-refractivity contribution in [3.8, 4) is 17.2 Å². The van der Waals surface area contributed by atoms with Crippen LogP contribution in [0.3, 0.4) is 0 Å². The predicted octanol–water partition coefficient (Wildman–Crippen LogP) is 8.06. The van der Waals surface area contributed by atoms with E-state index in [9.17, 15) is 13.2 Å². The molecule has 4 aromatic rings. The fourth-order valence-electron chi connectivity index (χ4n) is 4.18. The maximum Gasteiger partial charge on any atom is 0.144 e. The van der Waals surface area contributed by atoms with Gasteiger partial charge in [0.1, 0.15) is 34.9 Å². The maximum absolute atomic E-state index is 15.2. The number of fused-ring (bicyclic) bond motifs is 1. The fourth-order valence-corrected chi connectivity index (χ4v) is 4.18. The molecule has 1 nitrogen and oxygen atoms in total. The van der Waals surface area contributed by atoms with Crippen molar-refractivity contribution in [3.05, 3.63) is 106 Å². The Hall–Kier alpha value is -3.65. The van der Waals surface area contributed by atoms with Crippen LogP contribution in [-0.2, 0) is 19.3 Å². The van der Waals surface area contributed by atoms with Crippen LogP contribution in [0.5, 0.6) is 0 Å². The smallest absolute Gasteiger partial charge is 0.144 e. The number of benzene rings is 4. The Morgan fingerprint density at radius 1 is 0.735 bits per heavy atom. The quantitative estimate of drug-likeness (QED) is 0.255. The van der Waals surface area contributed by atoms with Gasteiger partial charge >= 0.3 is 0 Å². The zero-order valence-corrected chi connectivity index (χ0v) is 18.8. The number of nitrogens with zero attached hydrogens (tertiary/aromatic N) is 1. The lowest BCUT2D eigenvalue weighted by atomic mass is 9.96. The Balaban J connectivity index is 1.57. The van der Waals surface area contributed by atoms with Crippen molar-refractivity contribution in [2.45, 2.75) is 39.0 Å². The van der Waals surface area contributed by atoms with Gasteiger partial charge in [-0.3, -0.25) is 0 Å². The third kappa shape index (κ3) is 4.82. The maximum atomic E-state index is 15.2. The molecular formula is C29H23F4N. The van der Waals surface area contributed by atoms with E-state index < -0.39 is 23.0 Å². The van der Waals surface area contributed by atoms with Gasteiger partial charge in [0.15, 0.2) is 0 Å². The number of rotatable bonds is 7. The Bertz CT molecular complexity index is 1380. The first-order chi connectivity index (χ1) is 16.4. The summed E-state index contributed by atoms with van der Waals surface area (Å²) in [6.45, 7) is 2.09. The minimum Gasteiger partial charge on any atom is -0.206 e. The Morgan fingerprint density at radius 2 is 1.47 bits per heavy atom. The standard InChI is InChI=1S/C29H23F4N/c1-2-3-4-18-6-11-23(26(30)13-18)21-10-12-24-22(16-21)9-8-20(29(24)33)7-5-19-14-27(31)25(17-34)28(32)15-19/h6,8-16H,2-5,7H2,1H3. The summed E-state index contributed by atoms with van der Waals surface area (Å²) in [7, 11) is 0. The van der Waals surface area contributed by atoms with Crippen molar-refractivity contribution in [1.29, 1.82) is 5.26 Å². The predicted molar refractivity (Wildman–Crippen MR) is 126 cm³/mol. The third-order valence-electron chi connectivity index (χ3n) is 6.09. The molecule has 0 aliphatic rings. The van der Waals surface area contributed by atoms with Gasteiger partial charge in [0.25, 0.3) is 0 Å². The first-order valence-electron chi connectivity index (χ1n) is 11.3. The van der Waals surface area contributed by atoms with Gasteiger partial charge in [-0.25, -0.2) is 17.6 Å². The summed E-state index contributed by atoms with van der Waals surface area (Å²) in [4.78, 5) is 0. The molecule has 0 bridgehead atoms. The van der Waals surface area contributed by atoms with Crippen LogP contribution in [0.25, 0.3) is 21.9 Å². The summed E-state index contributed by atoms with van der Waals surface area (Å²) in [5, 5.41) is 9.83. The van der Waals surface area contributed by atoms with Gasteiger partial charge in [-0.2, -0.15) is 5.26 Å². The van der Waals surface area contributed by atoms with Crippen LogP contribution in [0.4, 0.5) is 17.6 Å². The van der Waals surface area contributed by atoms with Crippen molar-refractivity contribution in [2.75, 3.05) is 0 Å². The molecule has 0 aromatic heterocycles. The second kappa shape index (κ2) is 10.1. The first-order valence-corrected chi connectivity index (χ1v) is 11.3. The monoisotopic (exact) mass is 461 g/mol. The lowest BCUT2D eigenvalue weighted by Gasteiger charge is -2.11. The van der Waals surface area contributed by atoms with Gasteiger partial charge < -0.3 is 0 Å². The van der Waals surface area contributed by atoms with E-state index in [1.165, 1.54) is 6.07 Å². The van der Waals surface area contributed by atoms with E-state index in [0.717, 1.165) is 37.0 Å². The highest BCUT2D eigenvalue weighted by atomic mass is 19.1. The van der Waals surface area contributed by atoms with Gasteiger partial charge in [-0.05, 0) is 77.6 Å². The van der Waals surface area contributed by atoms with Crippen molar-refractivity contribution in [1.82, 2.24) is 0 Å². The summed E-state index contributed by atoms with van der Waals surface area (Å²) in [5.74, 6) is -2.55. The molecule has 5 heteroatoms. The molecule has 172 valence electrons. The Labute approximate surface area is 196 Å². The zero-order valence-electron chi connectivity index (χ0n) is 18.8. The van der Waals surface area contributed by atoms with Crippen LogP contribution in [0.15, 0.2) is 60.7 Å². The Kier molecular flexibility index (Phi) is 6.98. The fraction of sp³-hybridized carbons (Fsp3) is 0.207. The number of aryl methyl sites for hydroxylation is 3. The van der Waals surface area contributed by atoms with Gasteiger partial charge in [0, 0.05) is 10.9 Å². The van der Waals surface area contributed by atoms with E-state index >= 15 is 4.39 Å². The lowest BCUT2D eigenvalue weighted by Crippen LogP contribution is -1.99. The number of hydrogen-bond acceptors (Lipinski definition) is 1. The van der Waals surface area contributed by atoms with E-state index in [4.69, 9.17) is 5.26 Å². The van der Waals surface area contributed by atoms with Crippen molar-refractivity contribution in [2.24, 2.45) is 0 Å². The molecule has 0 unspecified atom stereocenters. The summed E-state index contributed by atoms with van der Waals surface area (Å²) in [5.41, 5.74) is 2.24. The van der Waals surface area contributed by atoms with E-state index in [-0.39, 0.29) is 18.7 Å². The van der Waals surface area contributed by atoms with Crippen LogP contribution in [-0.4, -0.2) is 0 Å². The average Bonchev–Trinajstić information content (AvgIpc) is 2.82.